The molecule has 2 unspecified atom stereocenters. The molecule has 0 aliphatic heterocycles. The van der Waals surface area contributed by atoms with Crippen molar-refractivity contribution in [1.82, 2.24) is 0 Å². The molecule has 0 bridgehead atoms. The molecule has 0 fully saturated rings. The van der Waals surface area contributed by atoms with Gasteiger partial charge in [-0.3, -0.25) is 4.79 Å². The monoisotopic (exact) mass is 292 g/mol. The minimum atomic E-state index is -2.14. The van der Waals surface area contributed by atoms with Gasteiger partial charge in [0.05, 0.1) is 0 Å². The van der Waals surface area contributed by atoms with Crippen molar-refractivity contribution in [2.24, 2.45) is 0 Å². The van der Waals surface area contributed by atoms with Gasteiger partial charge in [-0.05, 0) is 0 Å². The van der Waals surface area contributed by atoms with E-state index in [2.05, 4.69) is 4.65 Å². The average molecular weight is 292 g/mol. The Morgan fingerprint density at radius 1 is 1.23 bits per heavy atom. The van der Waals surface area contributed by atoms with E-state index in [0.717, 1.165) is 8.05 Å². The van der Waals surface area contributed by atoms with Crippen LogP contribution in [0.15, 0.2) is 0 Å². The molecule has 0 aromatic carbocycles. The van der Waals surface area contributed by atoms with Gasteiger partial charge in [-0.25, -0.2) is 4.79 Å². The van der Waals surface area contributed by atoms with E-state index >= 15 is 0 Å². The minimum absolute atomic E-state index is 0. The van der Waals surface area contributed by atoms with Crippen LogP contribution in [0.5, 0.6) is 0 Å². The first-order chi connectivity index (χ1) is 5.00. The predicted molar refractivity (Wildman–Crippen MR) is 50.0 cm³/mol. The Morgan fingerprint density at radius 2 is 1.62 bits per heavy atom. The summed E-state index contributed by atoms with van der Waals surface area (Å²) in [7, 11) is 0.972. The van der Waals surface area contributed by atoms with Crippen LogP contribution in [0.4, 0.5) is 0 Å². The number of carbonyl (C=O) groups excluding carboxylic acids is 1. The van der Waals surface area contributed by atoms with Crippen molar-refractivity contribution in [1.29, 1.82) is 0 Å². The molecule has 0 amide bonds. The zero-order valence-electron chi connectivity index (χ0n) is 5.72. The normalized spacial score (nSPS) is 12.8. The number of carbonyl (C=O) groups is 2. The molecular formula is C4H10BKO6Sr. The number of aliphatic carboxylic acids is 1. The number of hydrogen-bond donors (Lipinski definition) is 3. The number of aliphatic hydroxyl groups is 2. The summed E-state index contributed by atoms with van der Waals surface area (Å²) >= 11 is 0. The quantitative estimate of drug-likeness (QED) is 0.452. The standard InChI is InChI=1S/C4H7BO6.K.Sr.3H/c5-11-4(10)2(7)1(6)3(8)9;;;;;/h1-2,6-7H,5H2,(H,8,9);;;;;. The molecule has 0 aliphatic carbocycles. The molecule has 9 heteroatoms. The zero-order chi connectivity index (χ0) is 9.02. The Labute approximate surface area is 155 Å². The van der Waals surface area contributed by atoms with E-state index in [0.29, 0.717) is 0 Å². The Kier molecular flexibility index (Phi) is 16.6. The van der Waals surface area contributed by atoms with Crippen LogP contribution >= 0.6 is 0 Å². The van der Waals surface area contributed by atoms with Crippen LogP contribution in [0, 0.1) is 0 Å². The third-order valence-corrected chi connectivity index (χ3v) is 0.995. The van der Waals surface area contributed by atoms with Crippen LogP contribution in [0.2, 0.25) is 0 Å². The predicted octanol–water partition coefficient (Wildman–Crippen LogP) is -4.68. The molecule has 0 radical (unpaired) electrons. The molecule has 0 aromatic heterocycles. The van der Waals surface area contributed by atoms with E-state index < -0.39 is 24.1 Å². The fraction of sp³-hybridized carbons (Fsp3) is 0.500. The number of rotatable bonds is 3. The van der Waals surface area contributed by atoms with Gasteiger partial charge in [0.2, 0.25) is 0 Å². The molecule has 0 saturated heterocycles. The van der Waals surface area contributed by atoms with Crippen LogP contribution < -0.4 is 0 Å². The molecule has 6 nitrogen and oxygen atoms in total. The van der Waals surface area contributed by atoms with Crippen LogP contribution in [0.1, 0.15) is 0 Å². The molecule has 68 valence electrons. The number of aliphatic hydroxyl groups excluding tert-OH is 2. The Hall–Kier alpha value is 2.04. The third-order valence-electron chi connectivity index (χ3n) is 0.995. The van der Waals surface area contributed by atoms with Gasteiger partial charge in [0.25, 0.3) is 0 Å². The average Bonchev–Trinajstić information content (AvgIpc) is 2.00. The second kappa shape index (κ2) is 10.6. The topological polar surface area (TPSA) is 104 Å². The second-order valence-electron chi connectivity index (χ2n) is 1.75. The molecule has 3 N–H and O–H groups in total. The summed E-state index contributed by atoms with van der Waals surface area (Å²) in [6.07, 6.45) is -4.17. The SMILES string of the molecule is BOC(=O)C(O)C(O)C(=O)O.[KH].[SrH2]. The fourth-order valence-corrected chi connectivity index (χ4v) is 0.385. The van der Waals surface area contributed by atoms with Gasteiger partial charge in [-0.1, -0.05) is 0 Å². The summed E-state index contributed by atoms with van der Waals surface area (Å²) in [5.41, 5.74) is 0. The van der Waals surface area contributed by atoms with Gasteiger partial charge < -0.3 is 20.0 Å². The van der Waals surface area contributed by atoms with E-state index in [1.165, 1.54) is 0 Å². The van der Waals surface area contributed by atoms with Crippen LogP contribution in [-0.4, -0.2) is 144 Å². The zero-order valence-corrected chi connectivity index (χ0v) is 5.72. The van der Waals surface area contributed by atoms with Crippen molar-refractivity contribution in [3.8, 4) is 0 Å². The van der Waals surface area contributed by atoms with Crippen molar-refractivity contribution < 1.29 is 29.6 Å². The summed E-state index contributed by atoms with van der Waals surface area (Å²) in [6.45, 7) is 0. The third kappa shape index (κ3) is 7.91. The van der Waals surface area contributed by atoms with Crippen LogP contribution in [-0.2, 0) is 14.2 Å². The molecule has 0 aliphatic rings. The van der Waals surface area contributed by atoms with Gasteiger partial charge >= 0.3 is 117 Å². The van der Waals surface area contributed by atoms with Gasteiger partial charge in [0.1, 0.15) is 0 Å². The molecule has 0 saturated carbocycles. The fourth-order valence-electron chi connectivity index (χ4n) is 0.385. The summed E-state index contributed by atoms with van der Waals surface area (Å²) < 4.78 is 3.97. The van der Waals surface area contributed by atoms with Crippen molar-refractivity contribution >= 4 is 117 Å². The van der Waals surface area contributed by atoms with Crippen molar-refractivity contribution in [3.05, 3.63) is 0 Å². The molecular weight excluding hydrogens is 282 g/mol. The molecule has 0 heterocycles. The number of carboxylic acids is 1. The first-order valence-electron chi connectivity index (χ1n) is 2.67. The molecule has 0 aromatic rings. The van der Waals surface area contributed by atoms with Gasteiger partial charge in [0.15, 0.2) is 12.2 Å². The maximum atomic E-state index is 10.4. The Bertz CT molecular complexity index is 178. The molecule has 13 heavy (non-hydrogen) atoms. The van der Waals surface area contributed by atoms with Gasteiger partial charge in [-0.15, -0.1) is 0 Å². The summed E-state index contributed by atoms with van der Waals surface area (Å²) in [6, 6.07) is 0. The maximum absolute atomic E-state index is 10.4. The van der Waals surface area contributed by atoms with Crippen molar-refractivity contribution in [2.45, 2.75) is 12.2 Å². The van der Waals surface area contributed by atoms with E-state index in [-0.39, 0.29) is 96.9 Å². The first-order valence-corrected chi connectivity index (χ1v) is 2.67. The summed E-state index contributed by atoms with van der Waals surface area (Å²) in [5.74, 6) is -2.86. The van der Waals surface area contributed by atoms with Crippen molar-refractivity contribution in [2.75, 3.05) is 0 Å². The number of carboxylic acid groups (broad SMARTS) is 1. The summed E-state index contributed by atoms with van der Waals surface area (Å²) in [4.78, 5) is 20.3. The van der Waals surface area contributed by atoms with Gasteiger partial charge in [-0.2, -0.15) is 0 Å². The van der Waals surface area contributed by atoms with Gasteiger partial charge in [0, 0.05) is 0 Å². The Balaban J connectivity index is -0.000000500. The number of hydrogen-bond acceptors (Lipinski definition) is 5. The molecule has 0 spiro atoms. The molecule has 2 atom stereocenters. The van der Waals surface area contributed by atoms with Crippen molar-refractivity contribution in [3.63, 3.8) is 0 Å². The van der Waals surface area contributed by atoms with E-state index in [9.17, 15) is 9.59 Å². The van der Waals surface area contributed by atoms with E-state index in [1.807, 2.05) is 0 Å². The van der Waals surface area contributed by atoms with Crippen LogP contribution in [0.3, 0.4) is 0 Å². The summed E-state index contributed by atoms with van der Waals surface area (Å²) in [5, 5.41) is 25.3. The molecule has 0 rings (SSSR count). The van der Waals surface area contributed by atoms with E-state index in [4.69, 9.17) is 15.3 Å². The second-order valence-corrected chi connectivity index (χ2v) is 1.75. The van der Waals surface area contributed by atoms with Crippen LogP contribution in [0.25, 0.3) is 0 Å². The Morgan fingerprint density at radius 3 is 1.85 bits per heavy atom. The van der Waals surface area contributed by atoms with E-state index in [1.54, 1.807) is 0 Å². The first kappa shape index (κ1) is 20.5.